The van der Waals surface area contributed by atoms with Crippen molar-refractivity contribution in [2.45, 2.75) is 33.2 Å². The third-order valence-corrected chi connectivity index (χ3v) is 4.02. The van der Waals surface area contributed by atoms with E-state index in [2.05, 4.69) is 33.3 Å². The SMILES string of the molecule is CCCn1ncc(NCC2CC2C)c(Br)c1=O. The maximum absolute atomic E-state index is 11.9. The average molecular weight is 300 g/mol. The number of hydrogen-bond donors (Lipinski definition) is 1. The Balaban J connectivity index is 2.07. The van der Waals surface area contributed by atoms with Crippen LogP contribution in [0.3, 0.4) is 0 Å². The molecule has 1 N–H and O–H groups in total. The van der Waals surface area contributed by atoms with Crippen LogP contribution < -0.4 is 10.9 Å². The summed E-state index contributed by atoms with van der Waals surface area (Å²) < 4.78 is 2.09. The van der Waals surface area contributed by atoms with Gasteiger partial charge in [0, 0.05) is 13.1 Å². The van der Waals surface area contributed by atoms with Gasteiger partial charge < -0.3 is 5.32 Å². The van der Waals surface area contributed by atoms with Crippen LogP contribution in [0.4, 0.5) is 5.69 Å². The third kappa shape index (κ3) is 2.89. The van der Waals surface area contributed by atoms with Gasteiger partial charge in [-0.25, -0.2) is 4.68 Å². The van der Waals surface area contributed by atoms with Crippen molar-refractivity contribution < 1.29 is 0 Å². The normalized spacial score (nSPS) is 22.5. The molecule has 1 fully saturated rings. The second-order valence-corrected chi connectivity index (χ2v) is 5.55. The van der Waals surface area contributed by atoms with E-state index in [-0.39, 0.29) is 5.56 Å². The Labute approximate surface area is 110 Å². The van der Waals surface area contributed by atoms with E-state index >= 15 is 0 Å². The zero-order valence-electron chi connectivity index (χ0n) is 10.2. The molecular formula is C12H18BrN3O. The lowest BCUT2D eigenvalue weighted by molar-refractivity contribution is 0.565. The minimum atomic E-state index is -0.0549. The van der Waals surface area contributed by atoms with E-state index < -0.39 is 0 Å². The number of anilines is 1. The maximum atomic E-state index is 11.9. The fourth-order valence-electron chi connectivity index (χ4n) is 1.88. The minimum absolute atomic E-state index is 0.0549. The smallest absolute Gasteiger partial charge is 0.283 e. The molecule has 2 rings (SSSR count). The van der Waals surface area contributed by atoms with Gasteiger partial charge in [-0.05, 0) is 40.6 Å². The number of rotatable bonds is 5. The molecule has 1 aliphatic carbocycles. The van der Waals surface area contributed by atoms with Crippen molar-refractivity contribution in [3.05, 3.63) is 21.0 Å². The van der Waals surface area contributed by atoms with Gasteiger partial charge in [0.25, 0.3) is 5.56 Å². The summed E-state index contributed by atoms with van der Waals surface area (Å²) in [7, 11) is 0. The van der Waals surface area contributed by atoms with Gasteiger partial charge in [-0.1, -0.05) is 13.8 Å². The number of aryl methyl sites for hydroxylation is 1. The molecule has 2 atom stereocenters. The van der Waals surface area contributed by atoms with Gasteiger partial charge in [0.15, 0.2) is 0 Å². The lowest BCUT2D eigenvalue weighted by Gasteiger charge is -2.09. The molecule has 1 aromatic rings. The zero-order chi connectivity index (χ0) is 12.4. The molecule has 94 valence electrons. The van der Waals surface area contributed by atoms with Gasteiger partial charge in [0.2, 0.25) is 0 Å². The quantitative estimate of drug-likeness (QED) is 0.909. The molecule has 17 heavy (non-hydrogen) atoms. The van der Waals surface area contributed by atoms with Gasteiger partial charge in [-0.2, -0.15) is 5.10 Å². The molecule has 1 heterocycles. The molecule has 0 spiro atoms. The number of nitrogens with one attached hydrogen (secondary N) is 1. The van der Waals surface area contributed by atoms with Crippen LogP contribution in [-0.2, 0) is 6.54 Å². The molecule has 0 radical (unpaired) electrons. The van der Waals surface area contributed by atoms with Crippen LogP contribution in [0.5, 0.6) is 0 Å². The second kappa shape index (κ2) is 5.21. The Morgan fingerprint density at radius 3 is 2.94 bits per heavy atom. The zero-order valence-corrected chi connectivity index (χ0v) is 11.8. The van der Waals surface area contributed by atoms with E-state index in [1.165, 1.54) is 11.1 Å². The van der Waals surface area contributed by atoms with E-state index in [0.29, 0.717) is 11.0 Å². The first-order valence-corrected chi connectivity index (χ1v) is 6.92. The first-order chi connectivity index (χ1) is 8.13. The van der Waals surface area contributed by atoms with Gasteiger partial charge in [0.1, 0.15) is 4.47 Å². The van der Waals surface area contributed by atoms with Crippen LogP contribution in [-0.4, -0.2) is 16.3 Å². The summed E-state index contributed by atoms with van der Waals surface area (Å²) in [6.45, 7) is 5.87. The molecule has 4 nitrogen and oxygen atoms in total. The molecule has 0 saturated heterocycles. The first-order valence-electron chi connectivity index (χ1n) is 6.13. The molecule has 0 aliphatic heterocycles. The molecule has 1 saturated carbocycles. The Bertz CT molecular complexity index is 458. The summed E-state index contributed by atoms with van der Waals surface area (Å²) in [6, 6.07) is 0. The predicted molar refractivity (Wildman–Crippen MR) is 72.2 cm³/mol. The summed E-state index contributed by atoms with van der Waals surface area (Å²) >= 11 is 3.35. The van der Waals surface area contributed by atoms with Gasteiger partial charge in [0.05, 0.1) is 11.9 Å². The molecule has 1 aromatic heterocycles. The fraction of sp³-hybridized carbons (Fsp3) is 0.667. The summed E-state index contributed by atoms with van der Waals surface area (Å²) in [4.78, 5) is 11.9. The molecule has 5 heteroatoms. The number of nitrogens with zero attached hydrogens (tertiary/aromatic N) is 2. The van der Waals surface area contributed by atoms with E-state index in [1.54, 1.807) is 6.20 Å². The van der Waals surface area contributed by atoms with E-state index in [4.69, 9.17) is 0 Å². The van der Waals surface area contributed by atoms with Crippen LogP contribution in [0, 0.1) is 11.8 Å². The number of hydrogen-bond acceptors (Lipinski definition) is 3. The van der Waals surface area contributed by atoms with Crippen molar-refractivity contribution in [2.24, 2.45) is 11.8 Å². The first kappa shape index (κ1) is 12.6. The van der Waals surface area contributed by atoms with Crippen molar-refractivity contribution in [3.8, 4) is 0 Å². The van der Waals surface area contributed by atoms with Crippen LogP contribution >= 0.6 is 15.9 Å². The Morgan fingerprint density at radius 1 is 1.65 bits per heavy atom. The van der Waals surface area contributed by atoms with Crippen LogP contribution in [0.25, 0.3) is 0 Å². The van der Waals surface area contributed by atoms with Gasteiger partial charge >= 0.3 is 0 Å². The Hall–Kier alpha value is -0.840. The summed E-state index contributed by atoms with van der Waals surface area (Å²) in [6.07, 6.45) is 3.92. The van der Waals surface area contributed by atoms with Crippen molar-refractivity contribution >= 4 is 21.6 Å². The predicted octanol–water partition coefficient (Wildman–Crippen LogP) is 2.48. The lowest BCUT2D eigenvalue weighted by Crippen LogP contribution is -2.24. The Morgan fingerprint density at radius 2 is 2.35 bits per heavy atom. The van der Waals surface area contributed by atoms with Crippen molar-refractivity contribution in [3.63, 3.8) is 0 Å². The monoisotopic (exact) mass is 299 g/mol. The molecule has 0 aromatic carbocycles. The van der Waals surface area contributed by atoms with Crippen molar-refractivity contribution in [2.75, 3.05) is 11.9 Å². The largest absolute Gasteiger partial charge is 0.382 e. The molecule has 1 aliphatic rings. The summed E-state index contributed by atoms with van der Waals surface area (Å²) in [5, 5.41) is 7.45. The second-order valence-electron chi connectivity index (χ2n) is 4.75. The van der Waals surface area contributed by atoms with Gasteiger partial charge in [-0.15, -0.1) is 0 Å². The lowest BCUT2D eigenvalue weighted by atomic mass is 10.3. The maximum Gasteiger partial charge on any atom is 0.283 e. The summed E-state index contributed by atoms with van der Waals surface area (Å²) in [5.41, 5.74) is 0.752. The Kier molecular flexibility index (Phi) is 3.86. The highest BCUT2D eigenvalue weighted by molar-refractivity contribution is 9.10. The third-order valence-electron chi connectivity index (χ3n) is 3.25. The van der Waals surface area contributed by atoms with Crippen LogP contribution in [0.1, 0.15) is 26.7 Å². The van der Waals surface area contributed by atoms with Crippen LogP contribution in [0.2, 0.25) is 0 Å². The van der Waals surface area contributed by atoms with Crippen molar-refractivity contribution in [1.82, 2.24) is 9.78 Å². The number of aromatic nitrogens is 2. The topological polar surface area (TPSA) is 46.9 Å². The highest BCUT2D eigenvalue weighted by atomic mass is 79.9. The molecular weight excluding hydrogens is 282 g/mol. The van der Waals surface area contributed by atoms with Crippen LogP contribution in [0.15, 0.2) is 15.5 Å². The minimum Gasteiger partial charge on any atom is -0.382 e. The highest BCUT2D eigenvalue weighted by Crippen LogP contribution is 2.37. The molecule has 0 bridgehead atoms. The fourth-order valence-corrected chi connectivity index (χ4v) is 2.33. The van der Waals surface area contributed by atoms with E-state index in [1.807, 2.05) is 6.92 Å². The highest BCUT2D eigenvalue weighted by Gasteiger charge is 2.32. The summed E-state index contributed by atoms with van der Waals surface area (Å²) in [5.74, 6) is 1.56. The molecule has 2 unspecified atom stereocenters. The average Bonchev–Trinajstić information content (AvgIpc) is 3.01. The number of halogens is 1. The van der Waals surface area contributed by atoms with E-state index in [0.717, 1.165) is 30.5 Å². The van der Waals surface area contributed by atoms with Crippen molar-refractivity contribution in [1.29, 1.82) is 0 Å². The molecule has 0 amide bonds. The van der Waals surface area contributed by atoms with E-state index in [9.17, 15) is 4.79 Å². The standard InChI is InChI=1S/C12H18BrN3O/c1-3-4-16-12(17)11(13)10(7-15-16)14-6-9-5-8(9)2/h7-9,14H,3-6H2,1-2H3. The van der Waals surface area contributed by atoms with Gasteiger partial charge in [-0.3, -0.25) is 4.79 Å².